The molecule has 0 unspecified atom stereocenters. The van der Waals surface area contributed by atoms with Gasteiger partial charge in [0.1, 0.15) is 0 Å². The average molecular weight is 295 g/mol. The van der Waals surface area contributed by atoms with Gasteiger partial charge < -0.3 is 19.1 Å². The van der Waals surface area contributed by atoms with Gasteiger partial charge in [-0.15, -0.1) is 0 Å². The fourth-order valence-electron chi connectivity index (χ4n) is 2.52. The fraction of sp³-hybridized carbons (Fsp3) is 0.714. The van der Waals surface area contributed by atoms with Crippen molar-refractivity contribution in [1.82, 2.24) is 9.78 Å². The minimum absolute atomic E-state index is 0.0881. The predicted octanol–water partition coefficient (Wildman–Crippen LogP) is 0.233. The number of anilines is 1. The molecule has 0 aliphatic carbocycles. The van der Waals surface area contributed by atoms with Gasteiger partial charge in [0.2, 0.25) is 0 Å². The molecule has 0 bridgehead atoms. The molecule has 2 saturated heterocycles. The van der Waals surface area contributed by atoms with Crippen molar-refractivity contribution in [1.29, 1.82) is 0 Å². The molecule has 2 aliphatic rings. The van der Waals surface area contributed by atoms with Crippen LogP contribution in [0.4, 0.5) is 5.69 Å². The van der Waals surface area contributed by atoms with E-state index in [1.165, 1.54) is 4.68 Å². The Labute approximate surface area is 123 Å². The highest BCUT2D eigenvalue weighted by Gasteiger charge is 2.16. The Hall–Kier alpha value is -1.44. The van der Waals surface area contributed by atoms with Crippen molar-refractivity contribution in [3.05, 3.63) is 22.6 Å². The second kappa shape index (κ2) is 7.02. The molecule has 1 aromatic rings. The normalized spacial score (nSPS) is 20.7. The number of aryl methyl sites for hydroxylation is 1. The molecule has 2 fully saturated rings. The van der Waals surface area contributed by atoms with E-state index in [0.29, 0.717) is 26.2 Å². The first-order valence-corrected chi connectivity index (χ1v) is 7.46. The van der Waals surface area contributed by atoms with Crippen LogP contribution in [-0.4, -0.2) is 55.6 Å². The molecular weight excluding hydrogens is 274 g/mol. The Balaban J connectivity index is 1.59. The van der Waals surface area contributed by atoms with Crippen LogP contribution in [0, 0.1) is 0 Å². The standard InChI is InChI=1S/C14H21N3O4/c18-13-10-12(16-4-8-19-9-5-16)11-15-17(13)3-2-14-20-6-1-7-21-14/h10-11,14H,1-9H2. The van der Waals surface area contributed by atoms with Gasteiger partial charge in [0.15, 0.2) is 6.29 Å². The minimum atomic E-state index is -0.216. The van der Waals surface area contributed by atoms with E-state index in [4.69, 9.17) is 14.2 Å². The monoisotopic (exact) mass is 295 g/mol. The van der Waals surface area contributed by atoms with Crippen LogP contribution in [0.1, 0.15) is 12.8 Å². The number of nitrogens with zero attached hydrogens (tertiary/aromatic N) is 3. The van der Waals surface area contributed by atoms with E-state index >= 15 is 0 Å². The lowest BCUT2D eigenvalue weighted by atomic mass is 10.3. The molecule has 1 aromatic heterocycles. The second-order valence-electron chi connectivity index (χ2n) is 5.19. The SMILES string of the molecule is O=c1cc(N2CCOCC2)cnn1CCC1OCCCO1. The summed E-state index contributed by atoms with van der Waals surface area (Å²) in [6.07, 6.45) is 3.11. The largest absolute Gasteiger partial charge is 0.378 e. The molecule has 116 valence electrons. The second-order valence-corrected chi connectivity index (χ2v) is 5.19. The summed E-state index contributed by atoms with van der Waals surface area (Å²) in [7, 11) is 0. The molecule has 3 heterocycles. The van der Waals surface area contributed by atoms with Crippen molar-refractivity contribution >= 4 is 5.69 Å². The summed E-state index contributed by atoms with van der Waals surface area (Å²) >= 11 is 0. The molecule has 0 spiro atoms. The summed E-state index contributed by atoms with van der Waals surface area (Å²) in [5.74, 6) is 0. The highest BCUT2D eigenvalue weighted by Crippen LogP contribution is 2.12. The van der Waals surface area contributed by atoms with Gasteiger partial charge in [-0.25, -0.2) is 4.68 Å². The third-order valence-electron chi connectivity index (χ3n) is 3.70. The maximum atomic E-state index is 12.1. The quantitative estimate of drug-likeness (QED) is 0.792. The summed E-state index contributed by atoms with van der Waals surface area (Å²) < 4.78 is 17.7. The Bertz CT molecular complexity index is 507. The van der Waals surface area contributed by atoms with Gasteiger partial charge in [0, 0.05) is 32.1 Å². The number of hydrogen-bond acceptors (Lipinski definition) is 6. The van der Waals surface area contributed by atoms with E-state index in [1.807, 2.05) is 0 Å². The molecular formula is C14H21N3O4. The summed E-state index contributed by atoms with van der Waals surface area (Å²) in [5.41, 5.74) is 0.777. The lowest BCUT2D eigenvalue weighted by Crippen LogP contribution is -2.37. The van der Waals surface area contributed by atoms with E-state index in [1.54, 1.807) is 12.3 Å². The minimum Gasteiger partial charge on any atom is -0.378 e. The molecule has 0 saturated carbocycles. The number of ether oxygens (including phenoxy) is 3. The zero-order chi connectivity index (χ0) is 14.5. The Morgan fingerprint density at radius 3 is 2.67 bits per heavy atom. The van der Waals surface area contributed by atoms with Crippen LogP contribution in [0.2, 0.25) is 0 Å². The van der Waals surface area contributed by atoms with Gasteiger partial charge in [-0.05, 0) is 6.42 Å². The third-order valence-corrected chi connectivity index (χ3v) is 3.70. The average Bonchev–Trinajstić information content (AvgIpc) is 2.55. The molecule has 0 atom stereocenters. The molecule has 0 radical (unpaired) electrons. The summed E-state index contributed by atoms with van der Waals surface area (Å²) in [4.78, 5) is 14.2. The maximum absolute atomic E-state index is 12.1. The van der Waals surface area contributed by atoms with Crippen LogP contribution in [0.3, 0.4) is 0 Å². The van der Waals surface area contributed by atoms with Crippen LogP contribution in [-0.2, 0) is 20.8 Å². The van der Waals surface area contributed by atoms with Gasteiger partial charge in [-0.1, -0.05) is 0 Å². The highest BCUT2D eigenvalue weighted by molar-refractivity contribution is 5.43. The van der Waals surface area contributed by atoms with Crippen LogP contribution in [0.15, 0.2) is 17.1 Å². The highest BCUT2D eigenvalue weighted by atomic mass is 16.7. The van der Waals surface area contributed by atoms with Crippen molar-refractivity contribution in [3.63, 3.8) is 0 Å². The molecule has 0 N–H and O–H groups in total. The molecule has 0 amide bonds. The van der Waals surface area contributed by atoms with Gasteiger partial charge in [0.25, 0.3) is 5.56 Å². The molecule has 7 heteroatoms. The summed E-state index contributed by atoms with van der Waals surface area (Å²) in [5, 5.41) is 4.25. The zero-order valence-corrected chi connectivity index (χ0v) is 12.1. The van der Waals surface area contributed by atoms with E-state index in [-0.39, 0.29) is 11.8 Å². The first-order valence-electron chi connectivity index (χ1n) is 7.46. The van der Waals surface area contributed by atoms with Crippen LogP contribution >= 0.6 is 0 Å². The Morgan fingerprint density at radius 2 is 1.95 bits per heavy atom. The lowest BCUT2D eigenvalue weighted by molar-refractivity contribution is -0.182. The van der Waals surface area contributed by atoms with Crippen molar-refractivity contribution in [2.45, 2.75) is 25.7 Å². The maximum Gasteiger partial charge on any atom is 0.268 e. The molecule has 21 heavy (non-hydrogen) atoms. The van der Waals surface area contributed by atoms with Crippen molar-refractivity contribution < 1.29 is 14.2 Å². The summed E-state index contributed by atoms with van der Waals surface area (Å²) in [6.45, 7) is 4.95. The first-order chi connectivity index (χ1) is 10.3. The van der Waals surface area contributed by atoms with Crippen molar-refractivity contribution in [3.8, 4) is 0 Å². The fourth-order valence-corrected chi connectivity index (χ4v) is 2.52. The Kier molecular flexibility index (Phi) is 4.84. The third kappa shape index (κ3) is 3.81. The number of hydrogen-bond donors (Lipinski definition) is 0. The molecule has 3 rings (SSSR count). The van der Waals surface area contributed by atoms with E-state index in [2.05, 4.69) is 10.00 Å². The lowest BCUT2D eigenvalue weighted by Gasteiger charge is -2.28. The Morgan fingerprint density at radius 1 is 1.19 bits per heavy atom. The topological polar surface area (TPSA) is 65.8 Å². The van der Waals surface area contributed by atoms with E-state index in [0.717, 1.165) is 38.4 Å². The van der Waals surface area contributed by atoms with E-state index < -0.39 is 0 Å². The zero-order valence-electron chi connectivity index (χ0n) is 12.1. The van der Waals surface area contributed by atoms with Gasteiger partial charge in [-0.2, -0.15) is 5.10 Å². The van der Waals surface area contributed by atoms with Crippen LogP contribution < -0.4 is 10.5 Å². The number of rotatable bonds is 4. The number of morpholine rings is 1. The molecule has 2 aliphatic heterocycles. The van der Waals surface area contributed by atoms with Crippen molar-refractivity contribution in [2.24, 2.45) is 0 Å². The predicted molar refractivity (Wildman–Crippen MR) is 76.5 cm³/mol. The van der Waals surface area contributed by atoms with Gasteiger partial charge >= 0.3 is 0 Å². The van der Waals surface area contributed by atoms with Crippen LogP contribution in [0.5, 0.6) is 0 Å². The van der Waals surface area contributed by atoms with Crippen molar-refractivity contribution in [2.75, 3.05) is 44.4 Å². The smallest absolute Gasteiger partial charge is 0.268 e. The van der Waals surface area contributed by atoms with E-state index in [9.17, 15) is 4.79 Å². The number of aromatic nitrogens is 2. The molecule has 0 aromatic carbocycles. The van der Waals surface area contributed by atoms with Gasteiger partial charge in [0.05, 0.1) is 38.3 Å². The van der Waals surface area contributed by atoms with Gasteiger partial charge in [-0.3, -0.25) is 4.79 Å². The summed E-state index contributed by atoms with van der Waals surface area (Å²) in [6, 6.07) is 1.64. The molecule has 7 nitrogen and oxygen atoms in total. The van der Waals surface area contributed by atoms with Crippen LogP contribution in [0.25, 0.3) is 0 Å². The first kappa shape index (κ1) is 14.5.